The molecular weight excluding hydrogens is 702 g/mol. The highest BCUT2D eigenvalue weighted by atomic mass is 16.3. The van der Waals surface area contributed by atoms with E-state index < -0.39 is 127 Å². The lowest BCUT2D eigenvalue weighted by atomic mass is 9.99. The molecule has 13 unspecified atom stereocenters. The predicted octanol–water partition coefficient (Wildman–Crippen LogP) is -6.67. The van der Waals surface area contributed by atoms with Gasteiger partial charge < -0.3 is 66.8 Å². The number of carbonyl (C=O) groups excluding carboxylic acids is 6. The van der Waals surface area contributed by atoms with Gasteiger partial charge in [-0.3, -0.25) is 34.1 Å². The summed E-state index contributed by atoms with van der Waals surface area (Å²) in [6, 6.07) is -2.75. The minimum Gasteiger partial charge on any atom is -0.508 e. The van der Waals surface area contributed by atoms with Crippen molar-refractivity contribution in [1.29, 1.82) is 0 Å². The molecule has 5 rings (SSSR count). The Bertz CT molecular complexity index is 1560. The van der Waals surface area contributed by atoms with Crippen molar-refractivity contribution in [3.63, 3.8) is 0 Å². The zero-order valence-electron chi connectivity index (χ0n) is 29.0. The fourth-order valence-electron chi connectivity index (χ4n) is 7.26. The number of aliphatic hydroxyl groups is 6. The zero-order valence-corrected chi connectivity index (χ0v) is 29.0. The van der Waals surface area contributed by atoms with Gasteiger partial charge in [-0.1, -0.05) is 19.1 Å². The van der Waals surface area contributed by atoms with Gasteiger partial charge >= 0.3 is 0 Å². The van der Waals surface area contributed by atoms with E-state index in [0.29, 0.717) is 5.56 Å². The molecule has 12 N–H and O–H groups in total. The zero-order chi connectivity index (χ0) is 38.9. The molecule has 20 nitrogen and oxygen atoms in total. The van der Waals surface area contributed by atoms with Gasteiger partial charge in [0.1, 0.15) is 48.2 Å². The molecule has 1 aromatic carbocycles. The first kappa shape index (κ1) is 39.8. The van der Waals surface area contributed by atoms with E-state index in [1.807, 2.05) is 0 Å². The summed E-state index contributed by atoms with van der Waals surface area (Å²) in [4.78, 5) is 84.2. The Morgan fingerprint density at radius 1 is 0.792 bits per heavy atom. The highest BCUT2D eigenvalue weighted by Crippen LogP contribution is 2.26. The molecule has 20 heteroatoms. The van der Waals surface area contributed by atoms with Crippen molar-refractivity contribution in [2.24, 2.45) is 11.8 Å². The van der Waals surface area contributed by atoms with Crippen molar-refractivity contribution in [2.45, 2.75) is 93.6 Å². The number of phenols is 1. The van der Waals surface area contributed by atoms with Gasteiger partial charge in [-0.2, -0.15) is 0 Å². The number of carbonyl (C=O) groups is 6. The molecule has 0 radical (unpaired) electrons. The van der Waals surface area contributed by atoms with Crippen molar-refractivity contribution in [1.82, 2.24) is 36.4 Å². The number of phenolic OH excluding ortho intramolecular Hbond substituents is 1. The molecule has 0 saturated carbocycles. The molecule has 4 fully saturated rings. The monoisotopic (exact) mass is 749 g/mol. The van der Waals surface area contributed by atoms with Gasteiger partial charge in [0.2, 0.25) is 35.4 Å². The summed E-state index contributed by atoms with van der Waals surface area (Å²) in [6.07, 6.45) is -9.38. The Morgan fingerprint density at radius 2 is 1.45 bits per heavy atom. The van der Waals surface area contributed by atoms with Gasteiger partial charge in [0.25, 0.3) is 0 Å². The van der Waals surface area contributed by atoms with Crippen LogP contribution in [-0.4, -0.2) is 174 Å². The summed E-state index contributed by atoms with van der Waals surface area (Å²) >= 11 is 0. The smallest absolute Gasteiger partial charge is 0.248 e. The Balaban J connectivity index is 1.52. The number of aromatic hydroxyl groups is 1. The van der Waals surface area contributed by atoms with E-state index in [9.17, 15) is 64.5 Å². The van der Waals surface area contributed by atoms with Crippen LogP contribution in [0.1, 0.15) is 25.8 Å². The highest BCUT2D eigenvalue weighted by Gasteiger charge is 2.50. The average Bonchev–Trinajstić information content (AvgIpc) is 3.78. The standard InChI is InChI=1S/C33H47N7O13/c1-13-10-40-24(25(13)46)31(51)38-27-26(47)18(9-34-27)28(48)36-22(14(2)42)33(53)39-11-17(44)8-20(39)29(49)37-23(30(50)35-19(12-41)32(40)52)21(45)7-15-3-5-16(43)6-4-15/h3-6,13-14,17-27,34,41-47H,7-12H2,1-2H3,(H,35,50)(H,36,48)(H,37,49)(H,38,51). The van der Waals surface area contributed by atoms with Crippen LogP contribution < -0.4 is 26.6 Å². The summed E-state index contributed by atoms with van der Waals surface area (Å²) < 4.78 is 0. The Hall–Kier alpha value is -4.44. The van der Waals surface area contributed by atoms with Crippen LogP contribution in [0, 0.1) is 11.8 Å². The number of amides is 6. The molecule has 4 heterocycles. The molecule has 292 valence electrons. The molecule has 0 aromatic heterocycles. The van der Waals surface area contributed by atoms with Gasteiger partial charge in [0.15, 0.2) is 0 Å². The van der Waals surface area contributed by atoms with Crippen LogP contribution in [0.3, 0.4) is 0 Å². The molecule has 2 bridgehead atoms. The van der Waals surface area contributed by atoms with Crippen LogP contribution in [0.15, 0.2) is 24.3 Å². The van der Waals surface area contributed by atoms with E-state index in [1.54, 1.807) is 6.92 Å². The summed E-state index contributed by atoms with van der Waals surface area (Å²) in [7, 11) is 0. The van der Waals surface area contributed by atoms with Crippen molar-refractivity contribution < 1.29 is 64.5 Å². The van der Waals surface area contributed by atoms with Gasteiger partial charge in [0.05, 0.1) is 36.9 Å². The van der Waals surface area contributed by atoms with E-state index in [2.05, 4.69) is 26.6 Å². The maximum absolute atomic E-state index is 13.9. The van der Waals surface area contributed by atoms with Crippen molar-refractivity contribution in [3.8, 4) is 5.75 Å². The van der Waals surface area contributed by atoms with E-state index in [1.165, 1.54) is 31.2 Å². The van der Waals surface area contributed by atoms with E-state index >= 15 is 0 Å². The number of aliphatic hydroxyl groups excluding tert-OH is 6. The largest absolute Gasteiger partial charge is 0.508 e. The van der Waals surface area contributed by atoms with Gasteiger partial charge in [0, 0.05) is 38.4 Å². The molecule has 0 spiro atoms. The number of hydrogen-bond acceptors (Lipinski definition) is 14. The van der Waals surface area contributed by atoms with Crippen LogP contribution in [0.5, 0.6) is 5.75 Å². The normalized spacial score (nSPS) is 35.8. The fourth-order valence-corrected chi connectivity index (χ4v) is 7.26. The van der Waals surface area contributed by atoms with Gasteiger partial charge in [-0.15, -0.1) is 0 Å². The minimum absolute atomic E-state index is 0.0780. The van der Waals surface area contributed by atoms with E-state index in [0.717, 1.165) is 9.80 Å². The van der Waals surface area contributed by atoms with Crippen LogP contribution in [0.4, 0.5) is 0 Å². The second-order valence-corrected chi connectivity index (χ2v) is 14.2. The molecule has 4 aliphatic heterocycles. The molecule has 53 heavy (non-hydrogen) atoms. The molecule has 4 saturated heterocycles. The lowest BCUT2D eigenvalue weighted by Crippen LogP contribution is -2.63. The minimum atomic E-state index is -1.85. The average molecular weight is 750 g/mol. The lowest BCUT2D eigenvalue weighted by molar-refractivity contribution is -0.147. The van der Waals surface area contributed by atoms with Crippen LogP contribution >= 0.6 is 0 Å². The van der Waals surface area contributed by atoms with Crippen molar-refractivity contribution >= 4 is 35.4 Å². The predicted molar refractivity (Wildman–Crippen MR) is 179 cm³/mol. The third-order valence-electron chi connectivity index (χ3n) is 10.3. The fraction of sp³-hybridized carbons (Fsp3) is 0.636. The second-order valence-electron chi connectivity index (χ2n) is 14.2. The maximum Gasteiger partial charge on any atom is 0.248 e. The molecule has 6 amide bonds. The SMILES string of the molecule is CC(O)C1NC(=O)C2CNC(NC(=O)C3C(O)C(C)CN3C(=O)C(CO)NC(=O)C(C(O)Cc3ccc(O)cc3)NC(=O)C3CC(O)CN3C1=O)C2O. The third kappa shape index (κ3) is 8.38. The molecular formula is C33H47N7O13. The Labute approximate surface area is 303 Å². The summed E-state index contributed by atoms with van der Waals surface area (Å²) in [5.74, 6) is -8.00. The number of benzene rings is 1. The molecule has 0 aliphatic carbocycles. The number of fused-ring (bicyclic) bond motifs is 4. The highest BCUT2D eigenvalue weighted by molar-refractivity contribution is 5.97. The van der Waals surface area contributed by atoms with Gasteiger partial charge in [-0.05, 0) is 24.6 Å². The van der Waals surface area contributed by atoms with Gasteiger partial charge in [-0.25, -0.2) is 0 Å². The van der Waals surface area contributed by atoms with Crippen molar-refractivity contribution in [2.75, 3.05) is 26.2 Å². The molecule has 1 aromatic rings. The maximum atomic E-state index is 13.9. The number of hydrogen-bond donors (Lipinski definition) is 12. The van der Waals surface area contributed by atoms with Crippen LogP contribution in [-0.2, 0) is 35.2 Å². The first-order valence-electron chi connectivity index (χ1n) is 17.4. The number of rotatable bonds is 5. The Kier molecular flexibility index (Phi) is 12.2. The summed E-state index contributed by atoms with van der Waals surface area (Å²) in [5.41, 5.74) is 0.421. The number of nitrogens with zero attached hydrogens (tertiary/aromatic N) is 2. The topological polar surface area (TPSA) is 311 Å². The summed E-state index contributed by atoms with van der Waals surface area (Å²) in [6.45, 7) is 0.954. The van der Waals surface area contributed by atoms with E-state index in [4.69, 9.17) is 0 Å². The van der Waals surface area contributed by atoms with Crippen molar-refractivity contribution in [3.05, 3.63) is 29.8 Å². The first-order chi connectivity index (χ1) is 25.0. The molecule has 4 aliphatic rings. The first-order valence-corrected chi connectivity index (χ1v) is 17.4. The lowest BCUT2D eigenvalue weighted by Gasteiger charge is -2.33. The van der Waals surface area contributed by atoms with Crippen LogP contribution in [0.25, 0.3) is 0 Å². The number of nitrogens with one attached hydrogen (secondary N) is 5. The quantitative estimate of drug-likeness (QED) is 0.133. The van der Waals surface area contributed by atoms with E-state index in [-0.39, 0.29) is 31.7 Å². The molecule has 13 atom stereocenters. The summed E-state index contributed by atoms with van der Waals surface area (Å²) in [5, 5.41) is 86.7. The third-order valence-corrected chi connectivity index (χ3v) is 10.3. The second kappa shape index (κ2) is 16.3. The Morgan fingerprint density at radius 3 is 2.09 bits per heavy atom. The van der Waals surface area contributed by atoms with Crippen LogP contribution in [0.2, 0.25) is 0 Å².